The van der Waals surface area contributed by atoms with Gasteiger partial charge >= 0.3 is 0 Å². The second-order valence-corrected chi connectivity index (χ2v) is 5.06. The van der Waals surface area contributed by atoms with Gasteiger partial charge in [-0.1, -0.05) is 0 Å². The second kappa shape index (κ2) is 5.61. The molecule has 16 heavy (non-hydrogen) atoms. The van der Waals surface area contributed by atoms with Crippen LogP contribution in [0.5, 0.6) is 0 Å². The number of hydrogen-bond donors (Lipinski definition) is 2. The third-order valence-electron chi connectivity index (χ3n) is 3.21. The van der Waals surface area contributed by atoms with Crippen molar-refractivity contribution in [3.05, 3.63) is 0 Å². The summed E-state index contributed by atoms with van der Waals surface area (Å²) in [4.78, 5) is 15.8. The van der Waals surface area contributed by atoms with Gasteiger partial charge in [0.15, 0.2) is 0 Å². The molecule has 1 heterocycles. The summed E-state index contributed by atoms with van der Waals surface area (Å²) < 4.78 is 0. The first kappa shape index (κ1) is 13.4. The highest BCUT2D eigenvalue weighted by molar-refractivity contribution is 5.83. The summed E-state index contributed by atoms with van der Waals surface area (Å²) in [5, 5.41) is 3.19. The van der Waals surface area contributed by atoms with Gasteiger partial charge in [0.25, 0.3) is 0 Å². The van der Waals surface area contributed by atoms with E-state index in [2.05, 4.69) is 22.2 Å². The minimum absolute atomic E-state index is 0.300. The Morgan fingerprint density at radius 1 is 1.31 bits per heavy atom. The average Bonchev–Trinajstić information content (AvgIpc) is 2.20. The molecule has 0 aromatic heterocycles. The summed E-state index contributed by atoms with van der Waals surface area (Å²) >= 11 is 0. The molecule has 1 fully saturated rings. The van der Waals surface area contributed by atoms with E-state index in [9.17, 15) is 4.79 Å². The predicted molar refractivity (Wildman–Crippen MR) is 65.2 cm³/mol. The number of rotatable bonds is 5. The molecule has 0 spiro atoms. The number of likely N-dealkylation sites (N-methyl/N-ethyl adjacent to an activating group) is 1. The quantitative estimate of drug-likeness (QED) is 0.639. The summed E-state index contributed by atoms with van der Waals surface area (Å²) in [5.41, 5.74) is 4.68. The van der Waals surface area contributed by atoms with Crippen molar-refractivity contribution in [1.29, 1.82) is 0 Å². The minimum atomic E-state index is -0.605. The van der Waals surface area contributed by atoms with Crippen molar-refractivity contribution in [2.45, 2.75) is 19.4 Å². The van der Waals surface area contributed by atoms with Crippen molar-refractivity contribution in [3.8, 4) is 0 Å². The number of amides is 1. The number of primary amides is 1. The summed E-state index contributed by atoms with van der Waals surface area (Å²) in [5.74, 6) is -0.300. The van der Waals surface area contributed by atoms with Gasteiger partial charge in [0.1, 0.15) is 0 Å². The Morgan fingerprint density at radius 3 is 2.38 bits per heavy atom. The third kappa shape index (κ3) is 4.08. The van der Waals surface area contributed by atoms with Gasteiger partial charge in [0.05, 0.1) is 5.54 Å². The van der Waals surface area contributed by atoms with Crippen LogP contribution in [0.25, 0.3) is 0 Å². The molecule has 0 aromatic rings. The lowest BCUT2D eigenvalue weighted by Gasteiger charge is -2.33. The van der Waals surface area contributed by atoms with E-state index in [-0.39, 0.29) is 5.91 Å². The van der Waals surface area contributed by atoms with Gasteiger partial charge in [0, 0.05) is 39.3 Å². The Hall–Kier alpha value is -0.650. The van der Waals surface area contributed by atoms with Crippen LogP contribution in [0.4, 0.5) is 0 Å². The number of carbonyl (C=O) groups is 1. The zero-order valence-electron chi connectivity index (χ0n) is 10.6. The molecule has 1 aliphatic rings. The third-order valence-corrected chi connectivity index (χ3v) is 3.21. The maximum Gasteiger partial charge on any atom is 0.237 e. The summed E-state index contributed by atoms with van der Waals surface area (Å²) in [6, 6.07) is 0. The molecule has 1 rings (SSSR count). The fourth-order valence-electron chi connectivity index (χ4n) is 1.69. The number of nitrogens with zero attached hydrogens (tertiary/aromatic N) is 2. The molecule has 0 unspecified atom stereocenters. The van der Waals surface area contributed by atoms with Crippen molar-refractivity contribution < 1.29 is 4.79 Å². The molecule has 1 amide bonds. The van der Waals surface area contributed by atoms with Gasteiger partial charge in [-0.25, -0.2) is 0 Å². The van der Waals surface area contributed by atoms with Crippen molar-refractivity contribution >= 4 is 5.91 Å². The van der Waals surface area contributed by atoms with E-state index in [1.807, 2.05) is 13.8 Å². The molecule has 5 heteroatoms. The van der Waals surface area contributed by atoms with E-state index < -0.39 is 5.54 Å². The summed E-state index contributed by atoms with van der Waals surface area (Å²) in [7, 11) is 2.14. The molecule has 3 N–H and O–H groups in total. The molecular formula is C11H24N4O. The van der Waals surface area contributed by atoms with Crippen molar-refractivity contribution in [2.75, 3.05) is 46.3 Å². The Labute approximate surface area is 98.0 Å². The Kier molecular flexibility index (Phi) is 4.70. The van der Waals surface area contributed by atoms with E-state index in [1.54, 1.807) is 0 Å². The van der Waals surface area contributed by atoms with Gasteiger partial charge in [-0.2, -0.15) is 0 Å². The maximum atomic E-state index is 11.1. The topological polar surface area (TPSA) is 61.6 Å². The first-order valence-corrected chi connectivity index (χ1v) is 5.87. The molecule has 1 saturated heterocycles. The van der Waals surface area contributed by atoms with E-state index in [0.717, 1.165) is 39.3 Å². The standard InChI is InChI=1S/C11H24N4O/c1-11(2,10(12)16)13-4-5-15-8-6-14(3)7-9-15/h13H,4-9H2,1-3H3,(H2,12,16). The normalized spacial score (nSPS) is 19.9. The summed E-state index contributed by atoms with van der Waals surface area (Å²) in [6.45, 7) is 9.88. The fraction of sp³-hybridized carbons (Fsp3) is 0.909. The number of carbonyl (C=O) groups excluding carboxylic acids is 1. The number of piperazine rings is 1. The van der Waals surface area contributed by atoms with Gasteiger partial charge in [-0.15, -0.1) is 0 Å². The van der Waals surface area contributed by atoms with E-state index >= 15 is 0 Å². The SMILES string of the molecule is CN1CCN(CCNC(C)(C)C(N)=O)CC1. The first-order valence-electron chi connectivity index (χ1n) is 5.87. The zero-order chi connectivity index (χ0) is 12.2. The minimum Gasteiger partial charge on any atom is -0.368 e. The van der Waals surface area contributed by atoms with Crippen LogP contribution in [0, 0.1) is 0 Å². The van der Waals surface area contributed by atoms with Gasteiger partial charge in [-0.3, -0.25) is 9.69 Å². The first-order chi connectivity index (χ1) is 7.42. The van der Waals surface area contributed by atoms with Crippen LogP contribution in [0.2, 0.25) is 0 Å². The van der Waals surface area contributed by atoms with Crippen LogP contribution < -0.4 is 11.1 Å². The fourth-order valence-corrected chi connectivity index (χ4v) is 1.69. The molecule has 0 saturated carbocycles. The van der Waals surface area contributed by atoms with Crippen LogP contribution in [0.15, 0.2) is 0 Å². The monoisotopic (exact) mass is 228 g/mol. The van der Waals surface area contributed by atoms with Crippen LogP contribution in [0.1, 0.15) is 13.8 Å². The molecule has 0 aromatic carbocycles. The van der Waals surface area contributed by atoms with Crippen LogP contribution in [-0.4, -0.2) is 67.6 Å². The van der Waals surface area contributed by atoms with Crippen molar-refractivity contribution in [1.82, 2.24) is 15.1 Å². The van der Waals surface area contributed by atoms with E-state index in [1.165, 1.54) is 0 Å². The van der Waals surface area contributed by atoms with Gasteiger partial charge < -0.3 is 16.0 Å². The van der Waals surface area contributed by atoms with Crippen LogP contribution >= 0.6 is 0 Å². The molecule has 0 bridgehead atoms. The Bertz CT molecular complexity index is 234. The molecule has 1 aliphatic heterocycles. The molecule has 0 atom stereocenters. The molecule has 0 aliphatic carbocycles. The van der Waals surface area contributed by atoms with Crippen molar-refractivity contribution in [2.24, 2.45) is 5.73 Å². The highest BCUT2D eigenvalue weighted by atomic mass is 16.1. The van der Waals surface area contributed by atoms with Crippen LogP contribution in [-0.2, 0) is 4.79 Å². The summed E-state index contributed by atoms with van der Waals surface area (Å²) in [6.07, 6.45) is 0. The average molecular weight is 228 g/mol. The van der Waals surface area contributed by atoms with Crippen LogP contribution in [0.3, 0.4) is 0 Å². The van der Waals surface area contributed by atoms with Gasteiger partial charge in [-0.05, 0) is 20.9 Å². The Balaban J connectivity index is 2.18. The van der Waals surface area contributed by atoms with Crippen molar-refractivity contribution in [3.63, 3.8) is 0 Å². The molecular weight excluding hydrogens is 204 g/mol. The zero-order valence-corrected chi connectivity index (χ0v) is 10.6. The second-order valence-electron chi connectivity index (χ2n) is 5.06. The van der Waals surface area contributed by atoms with Gasteiger partial charge in [0.2, 0.25) is 5.91 Å². The maximum absolute atomic E-state index is 11.1. The smallest absolute Gasteiger partial charge is 0.237 e. The largest absolute Gasteiger partial charge is 0.368 e. The lowest BCUT2D eigenvalue weighted by Crippen LogP contribution is -2.53. The molecule has 5 nitrogen and oxygen atoms in total. The highest BCUT2D eigenvalue weighted by Gasteiger charge is 2.24. The Morgan fingerprint density at radius 2 is 1.88 bits per heavy atom. The highest BCUT2D eigenvalue weighted by Crippen LogP contribution is 2.01. The van der Waals surface area contributed by atoms with E-state index in [0.29, 0.717) is 0 Å². The number of nitrogens with two attached hydrogens (primary N) is 1. The number of hydrogen-bond acceptors (Lipinski definition) is 4. The van der Waals surface area contributed by atoms with E-state index in [4.69, 9.17) is 5.73 Å². The predicted octanol–water partition coefficient (Wildman–Crippen LogP) is -0.913. The molecule has 0 radical (unpaired) electrons. The molecule has 94 valence electrons. The lowest BCUT2D eigenvalue weighted by atomic mass is 10.1. The number of nitrogens with one attached hydrogen (secondary N) is 1. The lowest BCUT2D eigenvalue weighted by molar-refractivity contribution is -0.123.